The van der Waals surface area contributed by atoms with Gasteiger partial charge in [-0.3, -0.25) is 9.59 Å². The lowest BCUT2D eigenvalue weighted by atomic mass is 10.0. The molecule has 2 amide bonds. The van der Waals surface area contributed by atoms with Gasteiger partial charge in [-0.2, -0.15) is 0 Å². The first-order valence-electron chi connectivity index (χ1n) is 10.1. The van der Waals surface area contributed by atoms with Gasteiger partial charge in [0.1, 0.15) is 6.04 Å². The van der Waals surface area contributed by atoms with Crippen molar-refractivity contribution in [1.82, 2.24) is 10.2 Å². The van der Waals surface area contributed by atoms with Crippen LogP contribution in [-0.2, 0) is 22.6 Å². The van der Waals surface area contributed by atoms with Gasteiger partial charge in [-0.25, -0.2) is 0 Å². The van der Waals surface area contributed by atoms with Crippen molar-refractivity contribution in [2.75, 3.05) is 6.54 Å². The number of carbonyl (C=O) groups excluding carboxylic acids is 2. The predicted octanol–water partition coefficient (Wildman–Crippen LogP) is 4.18. The van der Waals surface area contributed by atoms with Gasteiger partial charge in [0, 0.05) is 13.1 Å². The van der Waals surface area contributed by atoms with Crippen LogP contribution in [0.3, 0.4) is 0 Å². The standard InChI is InChI=1S/C24H32N2O2/c1-5-14-25-24(28)22(6-2)26(17-20-10-8-7-9-11-20)23(27)16-21-13-12-18(3)19(4)15-21/h7-13,15,22H,5-6,14,16-17H2,1-4H3,(H,25,28). The van der Waals surface area contributed by atoms with Crippen molar-refractivity contribution < 1.29 is 9.59 Å². The number of hydrogen-bond acceptors (Lipinski definition) is 2. The van der Waals surface area contributed by atoms with E-state index in [1.807, 2.05) is 56.3 Å². The van der Waals surface area contributed by atoms with Crippen LogP contribution in [0.2, 0.25) is 0 Å². The van der Waals surface area contributed by atoms with Crippen LogP contribution >= 0.6 is 0 Å². The molecule has 0 heterocycles. The highest BCUT2D eigenvalue weighted by atomic mass is 16.2. The topological polar surface area (TPSA) is 49.4 Å². The Kier molecular flexibility index (Phi) is 8.24. The zero-order valence-corrected chi connectivity index (χ0v) is 17.5. The van der Waals surface area contributed by atoms with Crippen molar-refractivity contribution in [3.63, 3.8) is 0 Å². The van der Waals surface area contributed by atoms with Gasteiger partial charge in [0.05, 0.1) is 6.42 Å². The fourth-order valence-electron chi connectivity index (χ4n) is 3.26. The molecule has 4 nitrogen and oxygen atoms in total. The maximum absolute atomic E-state index is 13.2. The Balaban J connectivity index is 2.25. The quantitative estimate of drug-likeness (QED) is 0.709. The average molecular weight is 381 g/mol. The van der Waals surface area contributed by atoms with E-state index in [2.05, 4.69) is 25.2 Å². The van der Waals surface area contributed by atoms with E-state index < -0.39 is 6.04 Å². The molecule has 1 N–H and O–H groups in total. The first kappa shape index (κ1) is 21.7. The molecule has 4 heteroatoms. The molecule has 0 radical (unpaired) electrons. The Morgan fingerprint density at radius 3 is 2.29 bits per heavy atom. The van der Waals surface area contributed by atoms with Crippen molar-refractivity contribution in [2.24, 2.45) is 0 Å². The molecule has 0 aliphatic heterocycles. The molecular formula is C24H32N2O2. The van der Waals surface area contributed by atoms with Crippen molar-refractivity contribution >= 4 is 11.8 Å². The number of nitrogens with one attached hydrogen (secondary N) is 1. The summed E-state index contributed by atoms with van der Waals surface area (Å²) in [6.45, 7) is 9.15. The minimum Gasteiger partial charge on any atom is -0.354 e. The summed E-state index contributed by atoms with van der Waals surface area (Å²) in [5, 5.41) is 2.95. The molecule has 2 rings (SSSR count). The first-order chi connectivity index (χ1) is 13.5. The lowest BCUT2D eigenvalue weighted by molar-refractivity contribution is -0.140. The fourth-order valence-corrected chi connectivity index (χ4v) is 3.26. The molecule has 0 fully saturated rings. The molecule has 0 bridgehead atoms. The van der Waals surface area contributed by atoms with E-state index in [9.17, 15) is 9.59 Å². The van der Waals surface area contributed by atoms with Crippen molar-refractivity contribution in [3.05, 3.63) is 70.8 Å². The van der Waals surface area contributed by atoms with Crippen LogP contribution in [0.25, 0.3) is 0 Å². The minimum absolute atomic E-state index is 0.0226. The summed E-state index contributed by atoms with van der Waals surface area (Å²) in [6.07, 6.45) is 1.75. The van der Waals surface area contributed by atoms with Crippen LogP contribution < -0.4 is 5.32 Å². The van der Waals surface area contributed by atoms with E-state index in [-0.39, 0.29) is 11.8 Å². The molecule has 1 atom stereocenters. The number of nitrogens with zero attached hydrogens (tertiary/aromatic N) is 1. The molecule has 2 aromatic carbocycles. The maximum atomic E-state index is 13.2. The molecule has 28 heavy (non-hydrogen) atoms. The minimum atomic E-state index is -0.467. The third kappa shape index (κ3) is 5.95. The summed E-state index contributed by atoms with van der Waals surface area (Å²) in [5.41, 5.74) is 4.39. The highest BCUT2D eigenvalue weighted by Gasteiger charge is 2.28. The Hall–Kier alpha value is -2.62. The van der Waals surface area contributed by atoms with Gasteiger partial charge in [0.15, 0.2) is 0 Å². The zero-order valence-electron chi connectivity index (χ0n) is 17.5. The molecule has 0 aliphatic carbocycles. The lowest BCUT2D eigenvalue weighted by Crippen LogP contribution is -2.49. The summed E-state index contributed by atoms with van der Waals surface area (Å²) < 4.78 is 0. The molecule has 150 valence electrons. The number of amides is 2. The largest absolute Gasteiger partial charge is 0.354 e. The van der Waals surface area contributed by atoms with Crippen LogP contribution in [0.4, 0.5) is 0 Å². The predicted molar refractivity (Wildman–Crippen MR) is 114 cm³/mol. The second kappa shape index (κ2) is 10.6. The third-order valence-corrected chi connectivity index (χ3v) is 5.06. The lowest BCUT2D eigenvalue weighted by Gasteiger charge is -2.31. The summed E-state index contributed by atoms with van der Waals surface area (Å²) in [6, 6.07) is 15.5. The van der Waals surface area contributed by atoms with E-state index in [1.165, 1.54) is 11.1 Å². The summed E-state index contributed by atoms with van der Waals surface area (Å²) in [7, 11) is 0. The Morgan fingerprint density at radius 1 is 0.964 bits per heavy atom. The fraction of sp³-hybridized carbons (Fsp3) is 0.417. The normalized spacial score (nSPS) is 11.7. The average Bonchev–Trinajstić information content (AvgIpc) is 2.69. The van der Waals surface area contributed by atoms with Crippen LogP contribution in [0.1, 0.15) is 48.9 Å². The van der Waals surface area contributed by atoms with Crippen molar-refractivity contribution in [1.29, 1.82) is 0 Å². The highest BCUT2D eigenvalue weighted by molar-refractivity contribution is 5.88. The monoisotopic (exact) mass is 380 g/mol. The Morgan fingerprint density at radius 2 is 1.68 bits per heavy atom. The number of rotatable bonds is 9. The Labute approximate surface area is 169 Å². The zero-order chi connectivity index (χ0) is 20.5. The smallest absolute Gasteiger partial charge is 0.242 e. The molecule has 0 aromatic heterocycles. The summed E-state index contributed by atoms with van der Waals surface area (Å²) >= 11 is 0. The van der Waals surface area contributed by atoms with Gasteiger partial charge in [-0.05, 0) is 48.9 Å². The highest BCUT2D eigenvalue weighted by Crippen LogP contribution is 2.16. The summed E-state index contributed by atoms with van der Waals surface area (Å²) in [5.74, 6) is -0.0978. The number of hydrogen-bond donors (Lipinski definition) is 1. The molecule has 1 unspecified atom stereocenters. The van der Waals surface area contributed by atoms with E-state index in [1.54, 1.807) is 4.90 Å². The van der Waals surface area contributed by atoms with Crippen LogP contribution in [0, 0.1) is 13.8 Å². The van der Waals surface area contributed by atoms with Gasteiger partial charge >= 0.3 is 0 Å². The maximum Gasteiger partial charge on any atom is 0.242 e. The van der Waals surface area contributed by atoms with Crippen LogP contribution in [0.5, 0.6) is 0 Å². The van der Waals surface area contributed by atoms with Crippen molar-refractivity contribution in [2.45, 2.75) is 59.5 Å². The number of carbonyl (C=O) groups is 2. The number of benzene rings is 2. The van der Waals surface area contributed by atoms with Gasteiger partial charge in [-0.1, -0.05) is 62.4 Å². The van der Waals surface area contributed by atoms with Gasteiger partial charge < -0.3 is 10.2 Å². The SMILES string of the molecule is CCCNC(=O)C(CC)N(Cc1ccccc1)C(=O)Cc1ccc(C)c(C)c1. The van der Waals surface area contributed by atoms with E-state index >= 15 is 0 Å². The van der Waals surface area contributed by atoms with Gasteiger partial charge in [0.25, 0.3) is 0 Å². The first-order valence-corrected chi connectivity index (χ1v) is 10.1. The number of aryl methyl sites for hydroxylation is 2. The summed E-state index contributed by atoms with van der Waals surface area (Å²) in [4.78, 5) is 27.7. The van der Waals surface area contributed by atoms with E-state index in [0.717, 1.165) is 17.5 Å². The second-order valence-corrected chi connectivity index (χ2v) is 7.32. The van der Waals surface area contributed by atoms with Gasteiger partial charge in [-0.15, -0.1) is 0 Å². The molecular weight excluding hydrogens is 348 g/mol. The van der Waals surface area contributed by atoms with Crippen LogP contribution in [0.15, 0.2) is 48.5 Å². The molecule has 0 saturated carbocycles. The van der Waals surface area contributed by atoms with Crippen LogP contribution in [-0.4, -0.2) is 29.3 Å². The second-order valence-electron chi connectivity index (χ2n) is 7.32. The van der Waals surface area contributed by atoms with E-state index in [0.29, 0.717) is 25.9 Å². The molecule has 2 aromatic rings. The molecule has 0 spiro atoms. The molecule has 0 aliphatic rings. The van der Waals surface area contributed by atoms with Gasteiger partial charge in [0.2, 0.25) is 11.8 Å². The van der Waals surface area contributed by atoms with Crippen molar-refractivity contribution in [3.8, 4) is 0 Å². The third-order valence-electron chi connectivity index (χ3n) is 5.06. The van der Waals surface area contributed by atoms with E-state index in [4.69, 9.17) is 0 Å². The Bertz CT molecular complexity index is 786. The molecule has 0 saturated heterocycles.